The molecular weight excluding hydrogens is 319 g/mol. The maximum Gasteiger partial charge on any atom is 0.242 e. The summed E-state index contributed by atoms with van der Waals surface area (Å²) >= 11 is 1.49. The monoisotopic (exact) mass is 340 g/mol. The summed E-state index contributed by atoms with van der Waals surface area (Å²) in [6, 6.07) is 0.511. The van der Waals surface area contributed by atoms with E-state index in [2.05, 4.69) is 15.2 Å². The topological polar surface area (TPSA) is 48.5 Å². The van der Waals surface area contributed by atoms with Gasteiger partial charge >= 0.3 is 0 Å². The van der Waals surface area contributed by atoms with Crippen LogP contribution < -0.4 is 10.2 Å². The lowest BCUT2D eigenvalue weighted by molar-refractivity contribution is -0.119. The van der Waals surface area contributed by atoms with Crippen LogP contribution in [0.4, 0.5) is 5.13 Å². The van der Waals surface area contributed by atoms with E-state index < -0.39 is 0 Å². The quantitative estimate of drug-likeness (QED) is 0.904. The van der Waals surface area contributed by atoms with Crippen molar-refractivity contribution >= 4 is 47.2 Å². The van der Waals surface area contributed by atoms with Crippen LogP contribution in [0.5, 0.6) is 0 Å². The van der Waals surface area contributed by atoms with Gasteiger partial charge in [0.1, 0.15) is 0 Å². The van der Waals surface area contributed by atoms with Gasteiger partial charge in [0, 0.05) is 31.2 Å². The largest absolute Gasteiger partial charge is 0.316 e. The maximum absolute atomic E-state index is 12.1. The van der Waals surface area contributed by atoms with Gasteiger partial charge in [0.25, 0.3) is 0 Å². The Kier molecular flexibility index (Phi) is 9.33. The number of thiazole rings is 1. The van der Waals surface area contributed by atoms with Crippen molar-refractivity contribution in [2.75, 3.05) is 38.6 Å². The van der Waals surface area contributed by atoms with E-state index in [9.17, 15) is 4.79 Å². The zero-order chi connectivity index (χ0) is 13.0. The number of halogens is 2. The first-order valence-electron chi connectivity index (χ1n) is 6.26. The van der Waals surface area contributed by atoms with E-state index in [0.29, 0.717) is 12.6 Å². The summed E-state index contributed by atoms with van der Waals surface area (Å²) in [6.45, 7) is 2.44. The van der Waals surface area contributed by atoms with Gasteiger partial charge in [-0.25, -0.2) is 4.98 Å². The van der Waals surface area contributed by atoms with Crippen molar-refractivity contribution in [3.63, 3.8) is 0 Å². The van der Waals surface area contributed by atoms with Gasteiger partial charge in [0.05, 0.1) is 6.54 Å². The predicted octanol–water partition coefficient (Wildman–Crippen LogP) is 1.63. The molecule has 0 aromatic carbocycles. The van der Waals surface area contributed by atoms with Crippen molar-refractivity contribution in [2.45, 2.75) is 18.9 Å². The number of hydrogen-bond donors (Lipinski definition) is 1. The first-order chi connectivity index (χ1) is 8.70. The number of amides is 1. The van der Waals surface area contributed by atoms with Crippen LogP contribution in [0.3, 0.4) is 0 Å². The van der Waals surface area contributed by atoms with Crippen molar-refractivity contribution < 1.29 is 4.79 Å². The molecule has 0 radical (unpaired) electrons. The molecule has 5 nitrogen and oxygen atoms in total. The molecule has 1 aliphatic rings. The van der Waals surface area contributed by atoms with Gasteiger partial charge in [-0.2, -0.15) is 0 Å². The van der Waals surface area contributed by atoms with Crippen LogP contribution in [0.25, 0.3) is 0 Å². The smallest absolute Gasteiger partial charge is 0.242 e. The molecule has 0 spiro atoms. The number of carbonyl (C=O) groups is 1. The average molecular weight is 341 g/mol. The van der Waals surface area contributed by atoms with E-state index in [1.807, 2.05) is 12.4 Å². The zero-order valence-electron chi connectivity index (χ0n) is 11.7. The maximum atomic E-state index is 12.1. The highest BCUT2D eigenvalue weighted by Crippen LogP contribution is 2.16. The molecule has 20 heavy (non-hydrogen) atoms. The Labute approximate surface area is 136 Å². The van der Waals surface area contributed by atoms with Gasteiger partial charge < -0.3 is 5.32 Å². The molecule has 0 bridgehead atoms. The average Bonchev–Trinajstić information content (AvgIpc) is 2.92. The third-order valence-corrected chi connectivity index (χ3v) is 4.20. The normalized spacial score (nSPS) is 18.8. The Morgan fingerprint density at radius 1 is 1.60 bits per heavy atom. The number of likely N-dealkylation sites (tertiary alicyclic amines) is 1. The second-order valence-electron chi connectivity index (χ2n) is 4.63. The first-order valence-corrected chi connectivity index (χ1v) is 7.14. The van der Waals surface area contributed by atoms with Crippen LogP contribution in [-0.2, 0) is 4.79 Å². The third kappa shape index (κ3) is 5.18. The van der Waals surface area contributed by atoms with E-state index >= 15 is 0 Å². The Balaban J connectivity index is 0.00000180. The Bertz CT molecular complexity index is 391. The number of likely N-dealkylation sites (N-methyl/N-ethyl adjacent to an activating group) is 2. The predicted molar refractivity (Wildman–Crippen MR) is 88.5 cm³/mol. The number of nitrogens with zero attached hydrogens (tertiary/aromatic N) is 3. The van der Waals surface area contributed by atoms with Gasteiger partial charge in [-0.05, 0) is 26.4 Å². The second-order valence-corrected chi connectivity index (χ2v) is 5.50. The van der Waals surface area contributed by atoms with Crippen LogP contribution in [0.1, 0.15) is 12.8 Å². The van der Waals surface area contributed by atoms with Gasteiger partial charge in [-0.15, -0.1) is 36.2 Å². The minimum absolute atomic E-state index is 0. The molecule has 1 N–H and O–H groups in total. The minimum atomic E-state index is 0. The number of rotatable bonds is 4. The standard InChI is InChI=1S/C12H20N4OS.2ClH/c1-13-10-4-3-6-16(8-10)9-11(17)15(2)12-14-5-7-18-12;;/h5,7,10,13H,3-4,6,8-9H2,1-2H3;2*1H. The second kappa shape index (κ2) is 9.52. The first kappa shape index (κ1) is 19.6. The number of anilines is 1. The van der Waals surface area contributed by atoms with Crippen LogP contribution in [0.2, 0.25) is 0 Å². The summed E-state index contributed by atoms with van der Waals surface area (Å²) < 4.78 is 0. The van der Waals surface area contributed by atoms with Gasteiger partial charge in [-0.1, -0.05) is 0 Å². The highest BCUT2D eigenvalue weighted by molar-refractivity contribution is 7.13. The summed E-state index contributed by atoms with van der Waals surface area (Å²) in [4.78, 5) is 20.2. The zero-order valence-corrected chi connectivity index (χ0v) is 14.2. The fourth-order valence-corrected chi connectivity index (χ4v) is 2.85. The highest BCUT2D eigenvalue weighted by Gasteiger charge is 2.22. The molecule has 1 saturated heterocycles. The molecule has 0 saturated carbocycles. The van der Waals surface area contributed by atoms with E-state index in [1.165, 1.54) is 17.8 Å². The van der Waals surface area contributed by atoms with E-state index in [0.717, 1.165) is 24.6 Å². The van der Waals surface area contributed by atoms with Crippen molar-refractivity contribution in [2.24, 2.45) is 0 Å². The Morgan fingerprint density at radius 3 is 2.95 bits per heavy atom. The van der Waals surface area contributed by atoms with Crippen LogP contribution in [-0.4, -0.2) is 55.6 Å². The molecule has 1 amide bonds. The number of aromatic nitrogens is 1. The number of nitrogens with one attached hydrogen (secondary N) is 1. The van der Waals surface area contributed by atoms with Crippen LogP contribution in [0.15, 0.2) is 11.6 Å². The lowest BCUT2D eigenvalue weighted by Crippen LogP contribution is -2.48. The Morgan fingerprint density at radius 2 is 2.35 bits per heavy atom. The summed E-state index contributed by atoms with van der Waals surface area (Å²) in [7, 11) is 3.78. The van der Waals surface area contributed by atoms with Crippen molar-refractivity contribution in [1.82, 2.24) is 15.2 Å². The fraction of sp³-hybridized carbons (Fsp3) is 0.667. The number of carbonyl (C=O) groups excluding carboxylic acids is 1. The van der Waals surface area contributed by atoms with Crippen LogP contribution >= 0.6 is 36.2 Å². The van der Waals surface area contributed by atoms with E-state index in [-0.39, 0.29) is 30.7 Å². The lowest BCUT2D eigenvalue weighted by atomic mass is 10.1. The molecule has 1 aromatic rings. The van der Waals surface area contributed by atoms with Gasteiger partial charge in [0.2, 0.25) is 5.91 Å². The number of piperidine rings is 1. The molecule has 2 rings (SSSR count). The molecule has 1 unspecified atom stereocenters. The molecule has 116 valence electrons. The van der Waals surface area contributed by atoms with Crippen molar-refractivity contribution in [3.05, 3.63) is 11.6 Å². The molecular formula is C12H22Cl2N4OS. The summed E-state index contributed by atoms with van der Waals surface area (Å²) in [5.41, 5.74) is 0. The molecule has 0 aliphatic carbocycles. The molecule has 8 heteroatoms. The molecule has 1 aromatic heterocycles. The van der Waals surface area contributed by atoms with Crippen molar-refractivity contribution in [1.29, 1.82) is 0 Å². The highest BCUT2D eigenvalue weighted by atomic mass is 35.5. The van der Waals surface area contributed by atoms with E-state index in [1.54, 1.807) is 18.1 Å². The third-order valence-electron chi connectivity index (χ3n) is 3.35. The van der Waals surface area contributed by atoms with Gasteiger partial charge in [0.15, 0.2) is 5.13 Å². The number of hydrogen-bond acceptors (Lipinski definition) is 5. The van der Waals surface area contributed by atoms with Crippen molar-refractivity contribution in [3.8, 4) is 0 Å². The SMILES string of the molecule is CNC1CCCN(CC(=O)N(C)c2nccs2)C1.Cl.Cl. The van der Waals surface area contributed by atoms with E-state index in [4.69, 9.17) is 0 Å². The lowest BCUT2D eigenvalue weighted by Gasteiger charge is -2.32. The molecule has 1 aliphatic heterocycles. The summed E-state index contributed by atoms with van der Waals surface area (Å²) in [6.07, 6.45) is 4.07. The molecule has 2 heterocycles. The van der Waals surface area contributed by atoms with Crippen LogP contribution in [0, 0.1) is 0 Å². The molecule has 1 atom stereocenters. The summed E-state index contributed by atoms with van der Waals surface area (Å²) in [5, 5.41) is 5.94. The Hall–Kier alpha value is -0.400. The van der Waals surface area contributed by atoms with Gasteiger partial charge in [-0.3, -0.25) is 14.6 Å². The fourth-order valence-electron chi connectivity index (χ4n) is 2.22. The summed E-state index contributed by atoms with van der Waals surface area (Å²) in [5.74, 6) is 0.113. The minimum Gasteiger partial charge on any atom is -0.316 e. The molecule has 1 fully saturated rings.